The van der Waals surface area contributed by atoms with Crippen molar-refractivity contribution >= 4 is 11.6 Å². The van der Waals surface area contributed by atoms with Gasteiger partial charge in [-0.05, 0) is 25.0 Å². The second-order valence-electron chi connectivity index (χ2n) is 5.33. The fraction of sp³-hybridized carbons (Fsp3) is 0.357. The lowest BCUT2D eigenvalue weighted by molar-refractivity contribution is -0.384. The fourth-order valence-corrected chi connectivity index (χ4v) is 2.84. The monoisotopic (exact) mass is 316 g/mol. The number of amides is 1. The van der Waals surface area contributed by atoms with Gasteiger partial charge in [0.1, 0.15) is 18.3 Å². The van der Waals surface area contributed by atoms with E-state index in [4.69, 9.17) is 5.73 Å². The molecule has 0 saturated carbocycles. The molecule has 0 aliphatic carbocycles. The van der Waals surface area contributed by atoms with Gasteiger partial charge in [-0.25, -0.2) is 9.67 Å². The lowest BCUT2D eigenvalue weighted by Gasteiger charge is -2.23. The molecule has 2 N–H and O–H groups in total. The van der Waals surface area contributed by atoms with Gasteiger partial charge in [-0.1, -0.05) is 0 Å². The molecule has 1 unspecified atom stereocenters. The molecule has 120 valence electrons. The van der Waals surface area contributed by atoms with Crippen molar-refractivity contribution in [3.8, 4) is 5.69 Å². The van der Waals surface area contributed by atoms with Gasteiger partial charge in [-0.2, -0.15) is 5.10 Å². The molecule has 1 amide bonds. The highest BCUT2D eigenvalue weighted by Gasteiger charge is 2.29. The number of aromatic nitrogens is 3. The molecule has 0 spiro atoms. The summed E-state index contributed by atoms with van der Waals surface area (Å²) < 4.78 is 1.30. The standard InChI is InChI=1S/C14H16N6O3/c15-7-11-2-1-5-18(11)14(21)10-3-4-12(13(6-10)20(22)23)19-9-16-8-17-19/h3-4,6,8-9,11H,1-2,5,7,15H2. The predicted octanol–water partition coefficient (Wildman–Crippen LogP) is 0.739. The molecular weight excluding hydrogens is 300 g/mol. The van der Waals surface area contributed by atoms with Crippen LogP contribution in [0.4, 0.5) is 5.69 Å². The molecule has 0 radical (unpaired) electrons. The summed E-state index contributed by atoms with van der Waals surface area (Å²) in [6, 6.07) is 4.35. The number of nitro benzene ring substituents is 1. The summed E-state index contributed by atoms with van der Waals surface area (Å²) in [5.74, 6) is -0.230. The van der Waals surface area contributed by atoms with Crippen LogP contribution in [-0.2, 0) is 0 Å². The van der Waals surface area contributed by atoms with Gasteiger partial charge in [0.05, 0.1) is 4.92 Å². The zero-order valence-corrected chi connectivity index (χ0v) is 12.3. The van der Waals surface area contributed by atoms with Crippen molar-refractivity contribution in [3.63, 3.8) is 0 Å². The van der Waals surface area contributed by atoms with E-state index in [-0.39, 0.29) is 28.9 Å². The Morgan fingerprint density at radius 1 is 1.48 bits per heavy atom. The molecule has 0 bridgehead atoms. The van der Waals surface area contributed by atoms with Gasteiger partial charge in [0.15, 0.2) is 0 Å². The van der Waals surface area contributed by atoms with E-state index < -0.39 is 4.92 Å². The maximum Gasteiger partial charge on any atom is 0.295 e. The van der Waals surface area contributed by atoms with Crippen molar-refractivity contribution in [1.82, 2.24) is 19.7 Å². The van der Waals surface area contributed by atoms with Crippen molar-refractivity contribution in [2.75, 3.05) is 13.1 Å². The Bertz CT molecular complexity index is 730. The van der Waals surface area contributed by atoms with E-state index in [1.807, 2.05) is 0 Å². The van der Waals surface area contributed by atoms with Crippen LogP contribution in [0.2, 0.25) is 0 Å². The van der Waals surface area contributed by atoms with Crippen molar-refractivity contribution in [2.45, 2.75) is 18.9 Å². The number of carbonyl (C=O) groups excluding carboxylic acids is 1. The molecule has 1 saturated heterocycles. The first-order chi connectivity index (χ1) is 11.1. The van der Waals surface area contributed by atoms with Gasteiger partial charge in [-0.15, -0.1) is 0 Å². The molecule has 1 aliphatic heterocycles. The predicted molar refractivity (Wildman–Crippen MR) is 81.1 cm³/mol. The van der Waals surface area contributed by atoms with Crippen LogP contribution < -0.4 is 5.73 Å². The number of nitrogens with two attached hydrogens (primary N) is 1. The Morgan fingerprint density at radius 3 is 2.96 bits per heavy atom. The summed E-state index contributed by atoms with van der Waals surface area (Å²) in [7, 11) is 0. The minimum Gasteiger partial charge on any atom is -0.334 e. The van der Waals surface area contributed by atoms with Crippen LogP contribution in [0, 0.1) is 10.1 Å². The van der Waals surface area contributed by atoms with Gasteiger partial charge in [-0.3, -0.25) is 14.9 Å². The first-order valence-electron chi connectivity index (χ1n) is 7.26. The number of carbonyl (C=O) groups is 1. The molecule has 9 heteroatoms. The Kier molecular flexibility index (Phi) is 4.02. The van der Waals surface area contributed by atoms with Gasteiger partial charge >= 0.3 is 0 Å². The minimum atomic E-state index is -0.530. The molecular formula is C14H16N6O3. The molecule has 2 heterocycles. The average Bonchev–Trinajstić information content (AvgIpc) is 3.24. The quantitative estimate of drug-likeness (QED) is 0.656. The summed E-state index contributed by atoms with van der Waals surface area (Å²) >= 11 is 0. The van der Waals surface area contributed by atoms with Crippen LogP contribution in [0.25, 0.3) is 5.69 Å². The molecule has 23 heavy (non-hydrogen) atoms. The zero-order valence-electron chi connectivity index (χ0n) is 12.3. The van der Waals surface area contributed by atoms with Crippen LogP contribution in [0.5, 0.6) is 0 Å². The SMILES string of the molecule is NCC1CCCN1C(=O)c1ccc(-n2cncn2)c([N+](=O)[O-])c1. The highest BCUT2D eigenvalue weighted by atomic mass is 16.6. The highest BCUT2D eigenvalue weighted by Crippen LogP contribution is 2.26. The van der Waals surface area contributed by atoms with E-state index in [9.17, 15) is 14.9 Å². The minimum absolute atomic E-state index is 0.00320. The second-order valence-corrected chi connectivity index (χ2v) is 5.33. The van der Waals surface area contributed by atoms with Crippen LogP contribution in [0.15, 0.2) is 30.9 Å². The molecule has 1 aromatic carbocycles. The van der Waals surface area contributed by atoms with E-state index in [0.717, 1.165) is 12.8 Å². The summed E-state index contributed by atoms with van der Waals surface area (Å²) in [4.78, 5) is 28.9. The largest absolute Gasteiger partial charge is 0.334 e. The maximum atomic E-state index is 12.6. The van der Waals surface area contributed by atoms with E-state index in [0.29, 0.717) is 13.1 Å². The van der Waals surface area contributed by atoms with E-state index in [2.05, 4.69) is 10.1 Å². The zero-order chi connectivity index (χ0) is 16.4. The Labute approximate surface area is 131 Å². The van der Waals surface area contributed by atoms with Gasteiger partial charge in [0.25, 0.3) is 11.6 Å². The van der Waals surface area contributed by atoms with Crippen LogP contribution in [0.3, 0.4) is 0 Å². The fourth-order valence-electron chi connectivity index (χ4n) is 2.84. The third-order valence-corrected chi connectivity index (χ3v) is 3.99. The Balaban J connectivity index is 1.97. The number of rotatable bonds is 4. The molecule has 3 rings (SSSR count). The van der Waals surface area contributed by atoms with E-state index in [1.54, 1.807) is 11.0 Å². The Hall–Kier alpha value is -2.81. The summed E-state index contributed by atoms with van der Waals surface area (Å²) in [5.41, 5.74) is 6.04. The number of nitrogens with zero attached hydrogens (tertiary/aromatic N) is 5. The third-order valence-electron chi connectivity index (χ3n) is 3.99. The summed E-state index contributed by atoms with van der Waals surface area (Å²) in [5, 5.41) is 15.2. The normalized spacial score (nSPS) is 17.4. The molecule has 1 atom stereocenters. The number of hydrogen-bond acceptors (Lipinski definition) is 6. The molecule has 1 fully saturated rings. The lowest BCUT2D eigenvalue weighted by atomic mass is 10.1. The molecule has 1 aliphatic rings. The summed E-state index contributed by atoms with van der Waals surface area (Å²) in [6.45, 7) is 1.02. The van der Waals surface area contributed by atoms with Crippen molar-refractivity contribution in [1.29, 1.82) is 0 Å². The second kappa shape index (κ2) is 6.13. The smallest absolute Gasteiger partial charge is 0.295 e. The summed E-state index contributed by atoms with van der Waals surface area (Å²) in [6.07, 6.45) is 4.42. The van der Waals surface area contributed by atoms with Gasteiger partial charge < -0.3 is 10.6 Å². The maximum absolute atomic E-state index is 12.6. The number of benzene rings is 1. The van der Waals surface area contributed by atoms with E-state index in [1.165, 1.54) is 29.5 Å². The third kappa shape index (κ3) is 2.78. The number of nitro groups is 1. The number of hydrogen-bond donors (Lipinski definition) is 1. The van der Waals surface area contributed by atoms with Gasteiger partial charge in [0.2, 0.25) is 0 Å². The van der Waals surface area contributed by atoms with Crippen LogP contribution >= 0.6 is 0 Å². The average molecular weight is 316 g/mol. The number of likely N-dealkylation sites (tertiary alicyclic amines) is 1. The van der Waals surface area contributed by atoms with Crippen LogP contribution in [0.1, 0.15) is 23.2 Å². The first-order valence-corrected chi connectivity index (χ1v) is 7.26. The Morgan fingerprint density at radius 2 is 2.30 bits per heavy atom. The first kappa shape index (κ1) is 15.1. The topological polar surface area (TPSA) is 120 Å². The van der Waals surface area contributed by atoms with E-state index >= 15 is 0 Å². The molecule has 2 aromatic rings. The van der Waals surface area contributed by atoms with Crippen molar-refractivity contribution < 1.29 is 9.72 Å². The highest BCUT2D eigenvalue weighted by molar-refractivity contribution is 5.95. The van der Waals surface area contributed by atoms with Crippen LogP contribution in [-0.4, -0.2) is 49.6 Å². The molecule has 9 nitrogen and oxygen atoms in total. The van der Waals surface area contributed by atoms with Crippen molar-refractivity contribution in [3.05, 3.63) is 46.5 Å². The molecule has 1 aromatic heterocycles. The lowest BCUT2D eigenvalue weighted by Crippen LogP contribution is -2.39. The van der Waals surface area contributed by atoms with Crippen molar-refractivity contribution in [2.24, 2.45) is 5.73 Å². The van der Waals surface area contributed by atoms with Gasteiger partial charge in [0, 0.05) is 30.8 Å².